The van der Waals surface area contributed by atoms with Crippen molar-refractivity contribution in [3.63, 3.8) is 0 Å². The molecule has 2 aromatic rings. The number of hydrogen-bond acceptors (Lipinski definition) is 4. The molecule has 0 aromatic carbocycles. The van der Waals surface area contributed by atoms with Crippen LogP contribution in [0.3, 0.4) is 0 Å². The van der Waals surface area contributed by atoms with Crippen molar-refractivity contribution in [2.24, 2.45) is 0 Å². The highest BCUT2D eigenvalue weighted by Crippen LogP contribution is 2.20. The van der Waals surface area contributed by atoms with Crippen molar-refractivity contribution in [2.75, 3.05) is 11.9 Å². The van der Waals surface area contributed by atoms with E-state index in [-0.39, 0.29) is 5.91 Å². The summed E-state index contributed by atoms with van der Waals surface area (Å²) in [5, 5.41) is 8.37. The third-order valence-corrected chi connectivity index (χ3v) is 4.14. The molecule has 0 aliphatic carbocycles. The Balaban J connectivity index is 2.02. The number of nitrogens with zero attached hydrogens (tertiary/aromatic N) is 1. The smallest absolute Gasteiger partial charge is 0.253 e. The third kappa shape index (κ3) is 3.49. The molecule has 1 amide bonds. The molecule has 6 heteroatoms. The van der Waals surface area contributed by atoms with Gasteiger partial charge in [0.25, 0.3) is 5.91 Å². The van der Waals surface area contributed by atoms with Crippen molar-refractivity contribution in [1.82, 2.24) is 10.3 Å². The number of pyridine rings is 1. The number of nitrogens with one attached hydrogen (secondary N) is 2. The molecule has 0 unspecified atom stereocenters. The van der Waals surface area contributed by atoms with Crippen molar-refractivity contribution in [3.8, 4) is 0 Å². The van der Waals surface area contributed by atoms with Gasteiger partial charge >= 0.3 is 0 Å². The minimum absolute atomic E-state index is 0.171. The molecule has 2 rings (SSSR count). The van der Waals surface area contributed by atoms with E-state index in [9.17, 15) is 4.79 Å². The zero-order valence-electron chi connectivity index (χ0n) is 11.4. The molecule has 2 heterocycles. The van der Waals surface area contributed by atoms with Gasteiger partial charge in [-0.3, -0.25) is 4.79 Å². The van der Waals surface area contributed by atoms with Gasteiger partial charge in [0.1, 0.15) is 5.82 Å². The Hall–Kier alpha value is -1.59. The second-order valence-corrected chi connectivity index (χ2v) is 5.70. The standard InChI is InChI=1S/C14H16ClN3OS/c1-3-16-13-11(15)6-10(7-17-13)14(19)18-8-12-9(2)4-5-20-12/h4-7H,3,8H2,1-2H3,(H,16,17)(H,18,19). The van der Waals surface area contributed by atoms with Crippen LogP contribution in [0.4, 0.5) is 5.82 Å². The molecule has 0 fully saturated rings. The van der Waals surface area contributed by atoms with Crippen molar-refractivity contribution in [1.29, 1.82) is 0 Å². The van der Waals surface area contributed by atoms with Crippen LogP contribution in [-0.4, -0.2) is 17.4 Å². The molecule has 0 bridgehead atoms. The van der Waals surface area contributed by atoms with Crippen molar-refractivity contribution in [2.45, 2.75) is 20.4 Å². The third-order valence-electron chi connectivity index (χ3n) is 2.83. The number of halogens is 1. The fourth-order valence-electron chi connectivity index (χ4n) is 1.71. The van der Waals surface area contributed by atoms with E-state index in [1.54, 1.807) is 17.4 Å². The maximum atomic E-state index is 12.0. The second kappa shape index (κ2) is 6.72. The van der Waals surface area contributed by atoms with Crippen LogP contribution in [0.2, 0.25) is 5.02 Å². The van der Waals surface area contributed by atoms with Crippen LogP contribution in [0, 0.1) is 6.92 Å². The zero-order valence-corrected chi connectivity index (χ0v) is 12.9. The first kappa shape index (κ1) is 14.8. The second-order valence-electron chi connectivity index (χ2n) is 4.29. The van der Waals surface area contributed by atoms with Gasteiger partial charge in [-0.1, -0.05) is 11.6 Å². The first-order chi connectivity index (χ1) is 9.61. The summed E-state index contributed by atoms with van der Waals surface area (Å²) in [7, 11) is 0. The predicted molar refractivity (Wildman–Crippen MR) is 83.6 cm³/mol. The van der Waals surface area contributed by atoms with Gasteiger partial charge in [0.2, 0.25) is 0 Å². The van der Waals surface area contributed by atoms with Gasteiger partial charge in [-0.25, -0.2) is 4.98 Å². The van der Waals surface area contributed by atoms with E-state index in [4.69, 9.17) is 11.6 Å². The molecule has 0 radical (unpaired) electrons. The molecular weight excluding hydrogens is 294 g/mol. The Bertz CT molecular complexity index is 612. The summed E-state index contributed by atoms with van der Waals surface area (Å²) in [6.07, 6.45) is 1.53. The minimum Gasteiger partial charge on any atom is -0.369 e. The SMILES string of the molecule is CCNc1ncc(C(=O)NCc2sccc2C)cc1Cl. The van der Waals surface area contributed by atoms with Crippen LogP contribution in [0.15, 0.2) is 23.7 Å². The van der Waals surface area contributed by atoms with Gasteiger partial charge in [-0.05, 0) is 36.9 Å². The van der Waals surface area contributed by atoms with E-state index in [1.165, 1.54) is 11.8 Å². The Morgan fingerprint density at radius 3 is 2.90 bits per heavy atom. The van der Waals surface area contributed by atoms with Crippen molar-refractivity contribution in [3.05, 3.63) is 44.7 Å². The molecule has 0 spiro atoms. The summed E-state index contributed by atoms with van der Waals surface area (Å²) >= 11 is 7.71. The lowest BCUT2D eigenvalue weighted by Gasteiger charge is -2.08. The lowest BCUT2D eigenvalue weighted by atomic mass is 10.2. The fraction of sp³-hybridized carbons (Fsp3) is 0.286. The molecular formula is C14H16ClN3OS. The molecule has 2 aromatic heterocycles. The summed E-state index contributed by atoms with van der Waals surface area (Å²) in [6.45, 7) is 5.24. The maximum absolute atomic E-state index is 12.0. The van der Waals surface area contributed by atoms with Gasteiger partial charge in [-0.2, -0.15) is 0 Å². The number of carbonyl (C=O) groups excluding carboxylic acids is 1. The summed E-state index contributed by atoms with van der Waals surface area (Å²) in [4.78, 5) is 17.4. The molecule has 0 aliphatic rings. The summed E-state index contributed by atoms with van der Waals surface area (Å²) in [5.74, 6) is 0.426. The first-order valence-corrected chi connectivity index (χ1v) is 7.58. The van der Waals surface area contributed by atoms with Crippen LogP contribution in [-0.2, 0) is 6.54 Å². The molecule has 0 saturated carbocycles. The van der Waals surface area contributed by atoms with Gasteiger partial charge in [0.05, 0.1) is 17.1 Å². The number of thiophene rings is 1. The molecule has 0 saturated heterocycles. The number of anilines is 1. The van der Waals surface area contributed by atoms with E-state index >= 15 is 0 Å². The number of carbonyl (C=O) groups is 1. The van der Waals surface area contributed by atoms with Crippen LogP contribution < -0.4 is 10.6 Å². The Morgan fingerprint density at radius 1 is 1.50 bits per heavy atom. The predicted octanol–water partition coefficient (Wildman–Crippen LogP) is 3.47. The average molecular weight is 310 g/mol. The molecule has 20 heavy (non-hydrogen) atoms. The topological polar surface area (TPSA) is 54.0 Å². The monoisotopic (exact) mass is 309 g/mol. The number of aryl methyl sites for hydroxylation is 1. The number of amides is 1. The highest BCUT2D eigenvalue weighted by atomic mass is 35.5. The van der Waals surface area contributed by atoms with E-state index in [0.717, 1.165) is 11.4 Å². The lowest BCUT2D eigenvalue weighted by Crippen LogP contribution is -2.23. The van der Waals surface area contributed by atoms with Gasteiger partial charge in [-0.15, -0.1) is 11.3 Å². The normalized spacial score (nSPS) is 10.3. The van der Waals surface area contributed by atoms with Gasteiger partial charge in [0.15, 0.2) is 0 Å². The molecule has 4 nitrogen and oxygen atoms in total. The number of aromatic nitrogens is 1. The molecule has 106 valence electrons. The number of rotatable bonds is 5. The highest BCUT2D eigenvalue weighted by Gasteiger charge is 2.10. The Kier molecular flexibility index (Phi) is 4.98. The Morgan fingerprint density at radius 2 is 2.30 bits per heavy atom. The number of hydrogen-bond donors (Lipinski definition) is 2. The van der Waals surface area contributed by atoms with E-state index < -0.39 is 0 Å². The quantitative estimate of drug-likeness (QED) is 0.889. The first-order valence-electron chi connectivity index (χ1n) is 6.32. The zero-order chi connectivity index (χ0) is 14.5. The average Bonchev–Trinajstić information content (AvgIpc) is 2.84. The minimum atomic E-state index is -0.171. The largest absolute Gasteiger partial charge is 0.369 e. The highest BCUT2D eigenvalue weighted by molar-refractivity contribution is 7.10. The maximum Gasteiger partial charge on any atom is 0.253 e. The van der Waals surface area contributed by atoms with Crippen LogP contribution in [0.5, 0.6) is 0 Å². The molecule has 2 N–H and O–H groups in total. The molecule has 0 atom stereocenters. The van der Waals surface area contributed by atoms with Crippen LogP contribution >= 0.6 is 22.9 Å². The lowest BCUT2D eigenvalue weighted by molar-refractivity contribution is 0.0951. The van der Waals surface area contributed by atoms with Crippen molar-refractivity contribution < 1.29 is 4.79 Å². The summed E-state index contributed by atoms with van der Waals surface area (Å²) in [6, 6.07) is 3.67. The fourth-order valence-corrected chi connectivity index (χ4v) is 2.79. The Labute approximate surface area is 127 Å². The van der Waals surface area contributed by atoms with E-state index in [1.807, 2.05) is 25.3 Å². The molecule has 0 aliphatic heterocycles. The van der Waals surface area contributed by atoms with E-state index in [2.05, 4.69) is 15.6 Å². The van der Waals surface area contributed by atoms with Crippen LogP contribution in [0.25, 0.3) is 0 Å². The van der Waals surface area contributed by atoms with Crippen molar-refractivity contribution >= 4 is 34.7 Å². The van der Waals surface area contributed by atoms with Gasteiger partial charge in [0, 0.05) is 17.6 Å². The summed E-state index contributed by atoms with van der Waals surface area (Å²) in [5.41, 5.74) is 1.65. The summed E-state index contributed by atoms with van der Waals surface area (Å²) < 4.78 is 0. The van der Waals surface area contributed by atoms with Crippen LogP contribution in [0.1, 0.15) is 27.7 Å². The van der Waals surface area contributed by atoms with E-state index in [0.29, 0.717) is 22.9 Å². The van der Waals surface area contributed by atoms with Gasteiger partial charge < -0.3 is 10.6 Å².